The number of nitrogens with zero attached hydrogens (tertiary/aromatic N) is 1. The quantitative estimate of drug-likeness (QED) is 0.292. The molecule has 0 bridgehead atoms. The van der Waals surface area contributed by atoms with Crippen LogP contribution in [0.15, 0.2) is 47.5 Å². The molecule has 29 heavy (non-hydrogen) atoms. The summed E-state index contributed by atoms with van der Waals surface area (Å²) in [7, 11) is 1.60. The molecule has 2 N–H and O–H groups in total. The number of benzene rings is 2. The lowest BCUT2D eigenvalue weighted by molar-refractivity contribution is -0.0520. The third-order valence-corrected chi connectivity index (χ3v) is 3.83. The molecule has 2 aromatic carbocycles. The average Bonchev–Trinajstić information content (AvgIpc) is 2.66. The van der Waals surface area contributed by atoms with Crippen molar-refractivity contribution in [1.82, 2.24) is 10.6 Å². The van der Waals surface area contributed by atoms with Gasteiger partial charge in [-0.2, -0.15) is 8.78 Å². The van der Waals surface area contributed by atoms with Gasteiger partial charge < -0.3 is 20.1 Å². The minimum absolute atomic E-state index is 0. The summed E-state index contributed by atoms with van der Waals surface area (Å²) >= 11 is 0. The van der Waals surface area contributed by atoms with Crippen LogP contribution in [0.25, 0.3) is 0 Å². The summed E-state index contributed by atoms with van der Waals surface area (Å²) in [6.45, 7) is -0.115. The Bertz CT molecular complexity index is 791. The zero-order chi connectivity index (χ0) is 20.4. The Balaban J connectivity index is 0.00000420. The summed E-state index contributed by atoms with van der Waals surface area (Å²) < 4.78 is 48.8. The fraction of sp³-hybridized carbons (Fsp3) is 0.350. The average molecular weight is 523 g/mol. The van der Waals surface area contributed by atoms with Gasteiger partial charge in [0.05, 0.1) is 6.61 Å². The number of guanidine groups is 1. The molecule has 0 unspecified atom stereocenters. The zero-order valence-electron chi connectivity index (χ0n) is 16.3. The molecule has 0 radical (unpaired) electrons. The third kappa shape index (κ3) is 8.38. The molecule has 2 aromatic rings. The number of halogens is 4. The van der Waals surface area contributed by atoms with Crippen LogP contribution < -0.4 is 20.1 Å². The highest BCUT2D eigenvalue weighted by atomic mass is 127. The first-order valence-electron chi connectivity index (χ1n) is 8.92. The minimum atomic E-state index is -2.95. The first-order chi connectivity index (χ1) is 13.5. The third-order valence-electron chi connectivity index (χ3n) is 3.83. The van der Waals surface area contributed by atoms with Crippen molar-refractivity contribution in [3.8, 4) is 11.5 Å². The smallest absolute Gasteiger partial charge is 0.387 e. The summed E-state index contributed by atoms with van der Waals surface area (Å²) in [4.78, 5) is 4.10. The van der Waals surface area contributed by atoms with Gasteiger partial charge in [-0.15, -0.1) is 24.0 Å². The molecule has 160 valence electrons. The predicted molar refractivity (Wildman–Crippen MR) is 118 cm³/mol. The van der Waals surface area contributed by atoms with Crippen LogP contribution in [0.1, 0.15) is 18.1 Å². The highest BCUT2D eigenvalue weighted by Crippen LogP contribution is 2.32. The molecule has 0 aliphatic carbocycles. The maximum atomic E-state index is 13.2. The van der Waals surface area contributed by atoms with Crippen LogP contribution in [0, 0.1) is 5.82 Å². The van der Waals surface area contributed by atoms with Gasteiger partial charge in [0, 0.05) is 25.7 Å². The zero-order valence-corrected chi connectivity index (χ0v) is 18.6. The van der Waals surface area contributed by atoms with Crippen LogP contribution in [-0.4, -0.2) is 32.8 Å². The Morgan fingerprint density at radius 1 is 1.14 bits per heavy atom. The molecule has 0 aromatic heterocycles. The molecule has 5 nitrogen and oxygen atoms in total. The van der Waals surface area contributed by atoms with Gasteiger partial charge in [-0.3, -0.25) is 4.99 Å². The second kappa shape index (κ2) is 13.1. The maximum Gasteiger partial charge on any atom is 0.387 e. The fourth-order valence-corrected chi connectivity index (χ4v) is 2.61. The molecule has 0 spiro atoms. The number of hydrogen-bond acceptors (Lipinski definition) is 3. The first-order valence-corrected chi connectivity index (χ1v) is 8.92. The second-order valence-electron chi connectivity index (χ2n) is 5.79. The molecular weight excluding hydrogens is 498 g/mol. The molecule has 0 aliphatic rings. The van der Waals surface area contributed by atoms with Gasteiger partial charge in [0.1, 0.15) is 5.82 Å². The van der Waals surface area contributed by atoms with Gasteiger partial charge in [-0.25, -0.2) is 4.39 Å². The number of nitrogens with one attached hydrogen (secondary N) is 2. The van der Waals surface area contributed by atoms with Crippen molar-refractivity contribution < 1.29 is 22.6 Å². The Hall–Kier alpha value is -2.17. The lowest BCUT2D eigenvalue weighted by Crippen LogP contribution is -2.38. The van der Waals surface area contributed by atoms with E-state index in [1.165, 1.54) is 12.1 Å². The van der Waals surface area contributed by atoms with E-state index in [1.807, 2.05) is 6.07 Å². The number of alkyl halides is 2. The lowest BCUT2D eigenvalue weighted by atomic mass is 10.1. The number of hydrogen-bond donors (Lipinski definition) is 2. The molecule has 2 rings (SSSR count). The normalized spacial score (nSPS) is 11.0. The summed E-state index contributed by atoms with van der Waals surface area (Å²) in [5, 5.41) is 6.15. The molecule has 0 atom stereocenters. The Kier molecular flexibility index (Phi) is 11.3. The highest BCUT2D eigenvalue weighted by molar-refractivity contribution is 14.0. The molecule has 0 saturated heterocycles. The van der Waals surface area contributed by atoms with Crippen LogP contribution in [0.5, 0.6) is 11.5 Å². The van der Waals surface area contributed by atoms with Crippen LogP contribution in [-0.2, 0) is 13.0 Å². The van der Waals surface area contributed by atoms with E-state index in [-0.39, 0.29) is 47.8 Å². The van der Waals surface area contributed by atoms with Gasteiger partial charge in [0.15, 0.2) is 17.5 Å². The first kappa shape index (κ1) is 24.9. The standard InChI is InChI=1S/C20H24F3N3O2.HI/c1-3-27-17-9-5-7-15(18(17)28-19(22)23)13-26-20(24-2)25-11-10-14-6-4-8-16(21)12-14;/h4-9,12,19H,3,10-11,13H2,1-2H3,(H2,24,25,26);1H. The van der Waals surface area contributed by atoms with Gasteiger partial charge in [0.2, 0.25) is 0 Å². The molecule has 0 amide bonds. The molecule has 0 heterocycles. The van der Waals surface area contributed by atoms with Crippen molar-refractivity contribution in [2.24, 2.45) is 4.99 Å². The number of rotatable bonds is 9. The van der Waals surface area contributed by atoms with E-state index in [9.17, 15) is 13.2 Å². The maximum absolute atomic E-state index is 13.2. The molecule has 9 heteroatoms. The van der Waals surface area contributed by atoms with E-state index >= 15 is 0 Å². The van der Waals surface area contributed by atoms with Crippen LogP contribution >= 0.6 is 24.0 Å². The summed E-state index contributed by atoms with van der Waals surface area (Å²) in [5.41, 5.74) is 1.37. The lowest BCUT2D eigenvalue weighted by Gasteiger charge is -2.17. The van der Waals surface area contributed by atoms with Crippen molar-refractivity contribution in [3.63, 3.8) is 0 Å². The topological polar surface area (TPSA) is 54.9 Å². The number of aliphatic imine (C=N–C) groups is 1. The summed E-state index contributed by atoms with van der Waals surface area (Å²) in [6.07, 6.45) is 0.609. The SMILES string of the molecule is CCOc1cccc(CNC(=NC)NCCc2cccc(F)c2)c1OC(F)F.I. The van der Waals surface area contributed by atoms with Crippen molar-refractivity contribution in [2.75, 3.05) is 20.2 Å². The minimum Gasteiger partial charge on any atom is -0.490 e. The van der Waals surface area contributed by atoms with Crippen molar-refractivity contribution in [1.29, 1.82) is 0 Å². The molecule has 0 saturated carbocycles. The van der Waals surface area contributed by atoms with Crippen LogP contribution in [0.3, 0.4) is 0 Å². The van der Waals surface area contributed by atoms with Gasteiger partial charge in [-0.05, 0) is 37.1 Å². The monoisotopic (exact) mass is 523 g/mol. The van der Waals surface area contributed by atoms with Crippen LogP contribution in [0.4, 0.5) is 13.2 Å². The van der Waals surface area contributed by atoms with Crippen molar-refractivity contribution in [3.05, 3.63) is 59.4 Å². The highest BCUT2D eigenvalue weighted by Gasteiger charge is 2.16. The molecule has 0 aliphatic heterocycles. The Labute approximate surface area is 185 Å². The van der Waals surface area contributed by atoms with E-state index in [4.69, 9.17) is 4.74 Å². The van der Waals surface area contributed by atoms with E-state index in [2.05, 4.69) is 20.4 Å². The Morgan fingerprint density at radius 2 is 1.90 bits per heavy atom. The molecule has 0 fully saturated rings. The van der Waals surface area contributed by atoms with Crippen molar-refractivity contribution >= 4 is 29.9 Å². The summed E-state index contributed by atoms with van der Waals surface area (Å²) in [6, 6.07) is 11.3. The molecular formula is C20H25F3IN3O2. The van der Waals surface area contributed by atoms with Gasteiger partial charge in [0.25, 0.3) is 0 Å². The number of para-hydroxylation sites is 1. The van der Waals surface area contributed by atoms with Crippen molar-refractivity contribution in [2.45, 2.75) is 26.5 Å². The van der Waals surface area contributed by atoms with E-state index in [1.54, 1.807) is 38.2 Å². The largest absolute Gasteiger partial charge is 0.490 e. The summed E-state index contributed by atoms with van der Waals surface area (Å²) in [5.74, 6) is 0.472. The van der Waals surface area contributed by atoms with Crippen LogP contribution in [0.2, 0.25) is 0 Å². The van der Waals surface area contributed by atoms with Gasteiger partial charge >= 0.3 is 6.61 Å². The van der Waals surface area contributed by atoms with E-state index in [0.717, 1.165) is 5.56 Å². The van der Waals surface area contributed by atoms with Gasteiger partial charge in [-0.1, -0.05) is 24.3 Å². The second-order valence-corrected chi connectivity index (χ2v) is 5.79. The van der Waals surface area contributed by atoms with E-state index in [0.29, 0.717) is 31.1 Å². The fourth-order valence-electron chi connectivity index (χ4n) is 2.61. The van der Waals surface area contributed by atoms with E-state index < -0.39 is 6.61 Å². The Morgan fingerprint density at radius 3 is 2.55 bits per heavy atom. The predicted octanol–water partition coefficient (Wildman–Crippen LogP) is 4.35. The number of ether oxygens (including phenoxy) is 2.